The van der Waals surface area contributed by atoms with E-state index < -0.39 is 11.7 Å². The maximum Gasteiger partial charge on any atom is 0.413 e. The lowest BCUT2D eigenvalue weighted by Gasteiger charge is -2.19. The fourth-order valence-electron chi connectivity index (χ4n) is 6.45. The lowest BCUT2D eigenvalue weighted by atomic mass is 10.1. The van der Waals surface area contributed by atoms with E-state index in [2.05, 4.69) is 45.9 Å². The molecule has 0 spiro atoms. The summed E-state index contributed by atoms with van der Waals surface area (Å²) in [4.78, 5) is 62.6. The van der Waals surface area contributed by atoms with Crippen molar-refractivity contribution in [1.29, 1.82) is 0 Å². The predicted octanol–water partition coefficient (Wildman–Crippen LogP) is 9.13. The van der Waals surface area contributed by atoms with Crippen LogP contribution in [0.1, 0.15) is 87.2 Å². The van der Waals surface area contributed by atoms with Crippen molar-refractivity contribution < 1.29 is 28.0 Å². The number of carbonyl (C=O) groups is 3. The van der Waals surface area contributed by atoms with Crippen LogP contribution in [0.4, 0.5) is 16.4 Å². The van der Waals surface area contributed by atoms with E-state index in [-0.39, 0.29) is 29.7 Å². The molecule has 0 aliphatic carbocycles. The Morgan fingerprint density at radius 3 is 1.63 bits per heavy atom. The predicted molar refractivity (Wildman–Crippen MR) is 247 cm³/mol. The summed E-state index contributed by atoms with van der Waals surface area (Å²) in [6, 6.07) is 22.3. The number of nitrogens with two attached hydrogens (primary N) is 1. The van der Waals surface area contributed by atoms with Crippen molar-refractivity contribution in [2.45, 2.75) is 66.2 Å². The number of fused-ring (bicyclic) bond motifs is 2. The molecule has 3 amide bonds. The van der Waals surface area contributed by atoms with Gasteiger partial charge < -0.3 is 29.9 Å². The molecule has 0 unspecified atom stereocenters. The average Bonchev–Trinajstić information content (AvgIpc) is 3.92. The van der Waals surface area contributed by atoms with Crippen LogP contribution in [-0.4, -0.2) is 53.4 Å². The van der Waals surface area contributed by atoms with Crippen molar-refractivity contribution in [2.24, 2.45) is 0 Å². The summed E-state index contributed by atoms with van der Waals surface area (Å²) >= 11 is 12.1. The minimum Gasteiger partial charge on any atom is -0.448 e. The number of amides is 3. The second kappa shape index (κ2) is 20.0. The van der Waals surface area contributed by atoms with E-state index in [4.69, 9.17) is 42.5 Å². The summed E-state index contributed by atoms with van der Waals surface area (Å²) in [7, 11) is 0. The third-order valence-electron chi connectivity index (χ3n) is 9.62. The van der Waals surface area contributed by atoms with Gasteiger partial charge in [0.1, 0.15) is 29.8 Å². The SMILES string of the molecule is Cc1nc(N)ccc1CNC(=O)c1coc(Cc2ccc3ncc(Cl)cc3c2)n1.Cc1nc(NC(=O)OC(C)(C)C)ccc1CNC(=O)c1coc(Cc2ccc3ncc(Cl)cc3c2)n1. The third-order valence-corrected chi connectivity index (χ3v) is 10.0. The zero-order valence-electron chi connectivity index (χ0n) is 36.0. The highest BCUT2D eigenvalue weighted by Crippen LogP contribution is 2.22. The number of aryl methyl sites for hydroxylation is 2. The number of nitrogens with zero attached hydrogens (tertiary/aromatic N) is 6. The zero-order valence-corrected chi connectivity index (χ0v) is 37.5. The molecule has 2 aromatic carbocycles. The lowest BCUT2D eigenvalue weighted by Crippen LogP contribution is -2.27. The summed E-state index contributed by atoms with van der Waals surface area (Å²) in [6.45, 7) is 9.56. The van der Waals surface area contributed by atoms with Crippen molar-refractivity contribution in [2.75, 3.05) is 11.1 Å². The van der Waals surface area contributed by atoms with E-state index in [1.165, 1.54) is 12.5 Å². The zero-order chi connectivity index (χ0) is 46.3. The number of ether oxygens (including phenoxy) is 1. The van der Waals surface area contributed by atoms with Gasteiger partial charge in [-0.1, -0.05) is 47.5 Å². The Hall–Kier alpha value is -7.43. The molecule has 5 N–H and O–H groups in total. The van der Waals surface area contributed by atoms with Gasteiger partial charge in [-0.05, 0) is 105 Å². The summed E-state index contributed by atoms with van der Waals surface area (Å²) in [6.07, 6.45) is 6.21. The fraction of sp³-hybridized carbons (Fsp3) is 0.213. The van der Waals surface area contributed by atoms with Gasteiger partial charge in [0, 0.05) is 60.5 Å². The number of anilines is 2. The molecule has 8 aromatic rings. The maximum atomic E-state index is 12.6. The quantitative estimate of drug-likeness (QED) is 0.0951. The minimum atomic E-state index is -0.606. The van der Waals surface area contributed by atoms with Gasteiger partial charge in [-0.3, -0.25) is 24.9 Å². The van der Waals surface area contributed by atoms with Crippen molar-refractivity contribution in [1.82, 2.24) is 40.5 Å². The summed E-state index contributed by atoms with van der Waals surface area (Å²) in [5.74, 6) is 1.01. The number of pyridine rings is 4. The molecule has 332 valence electrons. The van der Waals surface area contributed by atoms with E-state index in [9.17, 15) is 14.4 Å². The first-order chi connectivity index (χ1) is 31.0. The van der Waals surface area contributed by atoms with Gasteiger partial charge in [0.25, 0.3) is 11.8 Å². The van der Waals surface area contributed by atoms with Gasteiger partial charge in [0.15, 0.2) is 23.2 Å². The van der Waals surface area contributed by atoms with Gasteiger partial charge in [0.2, 0.25) is 0 Å². The number of oxazole rings is 2. The Bertz CT molecular complexity index is 3040. The van der Waals surface area contributed by atoms with Crippen LogP contribution in [0.25, 0.3) is 21.8 Å². The van der Waals surface area contributed by atoms with E-state index >= 15 is 0 Å². The first-order valence-electron chi connectivity index (χ1n) is 20.3. The largest absolute Gasteiger partial charge is 0.448 e. The van der Waals surface area contributed by atoms with Crippen LogP contribution in [0, 0.1) is 13.8 Å². The molecule has 8 rings (SSSR count). The Labute approximate surface area is 383 Å². The maximum absolute atomic E-state index is 12.6. The Morgan fingerprint density at radius 2 is 1.15 bits per heavy atom. The average molecular weight is 916 g/mol. The second-order valence-electron chi connectivity index (χ2n) is 15.9. The Balaban J connectivity index is 0.000000198. The highest BCUT2D eigenvalue weighted by molar-refractivity contribution is 6.31. The fourth-order valence-corrected chi connectivity index (χ4v) is 6.79. The van der Waals surface area contributed by atoms with Crippen molar-refractivity contribution in [3.8, 4) is 0 Å². The molecule has 16 nitrogen and oxygen atoms in total. The van der Waals surface area contributed by atoms with Gasteiger partial charge in [0.05, 0.1) is 21.1 Å². The number of rotatable bonds is 11. The number of hydrogen-bond donors (Lipinski definition) is 4. The van der Waals surface area contributed by atoms with Crippen LogP contribution < -0.4 is 21.7 Å². The normalized spacial score (nSPS) is 11.2. The van der Waals surface area contributed by atoms with E-state index in [0.717, 1.165) is 49.8 Å². The Kier molecular flexibility index (Phi) is 14.0. The molecule has 0 bridgehead atoms. The Morgan fingerprint density at radius 1 is 0.662 bits per heavy atom. The van der Waals surface area contributed by atoms with Crippen LogP contribution in [0.15, 0.2) is 107 Å². The van der Waals surface area contributed by atoms with Crippen LogP contribution in [0.2, 0.25) is 10.0 Å². The van der Waals surface area contributed by atoms with Crippen molar-refractivity contribution >= 4 is 74.6 Å². The van der Waals surface area contributed by atoms with Gasteiger partial charge >= 0.3 is 6.09 Å². The molecule has 0 saturated carbocycles. The lowest BCUT2D eigenvalue weighted by molar-refractivity contribution is 0.0634. The van der Waals surface area contributed by atoms with Gasteiger partial charge in [-0.2, -0.15) is 0 Å². The standard InChI is InChI=1S/C26H26ClN5O4.C21H18ClN5O2/c1-15-17(6-8-22(30-15)32-25(34)36-26(2,3)4)12-29-24(33)21-14-35-23(31-21)10-16-5-7-20-18(9-16)11-19(27)13-28-20;1-12-14(3-5-19(23)26-12)9-25-21(28)18-11-29-20(27-18)7-13-2-4-17-15(6-13)8-16(22)10-24-17/h5-9,11,13-14H,10,12H2,1-4H3,(H,29,33)(H,30,32,34);2-6,8,10-11H,7,9H2,1H3,(H2,23,26)(H,25,28). The number of aromatic nitrogens is 6. The van der Waals surface area contributed by atoms with Gasteiger partial charge in [-0.25, -0.2) is 24.7 Å². The van der Waals surface area contributed by atoms with Crippen LogP contribution in [0.3, 0.4) is 0 Å². The molecule has 0 radical (unpaired) electrons. The van der Waals surface area contributed by atoms with Gasteiger partial charge in [-0.15, -0.1) is 0 Å². The molecule has 6 aromatic heterocycles. The number of carbonyl (C=O) groups excluding carboxylic acids is 3. The molecule has 6 heterocycles. The number of nitrogen functional groups attached to an aromatic ring is 1. The second-order valence-corrected chi connectivity index (χ2v) is 16.8. The van der Waals surface area contributed by atoms with E-state index in [0.29, 0.717) is 58.5 Å². The summed E-state index contributed by atoms with van der Waals surface area (Å²) in [5, 5.41) is 11.2. The molecule has 0 aliphatic rings. The molecule has 0 atom stereocenters. The first-order valence-corrected chi connectivity index (χ1v) is 21.0. The number of nitrogens with one attached hydrogen (secondary N) is 3. The highest BCUT2D eigenvalue weighted by Gasteiger charge is 2.18. The topological polar surface area (TPSA) is 226 Å². The molecule has 0 aliphatic heterocycles. The summed E-state index contributed by atoms with van der Waals surface area (Å²) < 4.78 is 16.2. The monoisotopic (exact) mass is 914 g/mol. The first kappa shape index (κ1) is 45.6. The smallest absolute Gasteiger partial charge is 0.413 e. The van der Waals surface area contributed by atoms with Crippen LogP contribution in [0.5, 0.6) is 0 Å². The van der Waals surface area contributed by atoms with E-state index in [1.54, 1.807) is 58.3 Å². The minimum absolute atomic E-state index is 0.185. The molecule has 18 heteroatoms. The molecule has 65 heavy (non-hydrogen) atoms. The van der Waals surface area contributed by atoms with E-state index in [1.807, 2.05) is 61.5 Å². The number of halogens is 2. The van der Waals surface area contributed by atoms with Crippen LogP contribution >= 0.6 is 23.2 Å². The highest BCUT2D eigenvalue weighted by atomic mass is 35.5. The number of hydrogen-bond acceptors (Lipinski definition) is 13. The third kappa shape index (κ3) is 12.6. The molecule has 0 fully saturated rings. The van der Waals surface area contributed by atoms with Crippen molar-refractivity contribution in [3.63, 3.8) is 0 Å². The molecular formula is C47H44Cl2N10O6. The van der Waals surface area contributed by atoms with Crippen LogP contribution in [-0.2, 0) is 30.7 Å². The molecule has 0 saturated heterocycles. The molecular weight excluding hydrogens is 871 g/mol. The van der Waals surface area contributed by atoms with Crippen molar-refractivity contribution in [3.05, 3.63) is 165 Å². The number of benzene rings is 2. The summed E-state index contributed by atoms with van der Waals surface area (Å²) in [5.41, 5.74) is 12.2.